The lowest BCUT2D eigenvalue weighted by Gasteiger charge is -2.41. The van der Waals surface area contributed by atoms with Gasteiger partial charge in [-0.25, -0.2) is 9.97 Å². The van der Waals surface area contributed by atoms with E-state index in [1.807, 2.05) is 0 Å². The van der Waals surface area contributed by atoms with Gasteiger partial charge in [-0.1, -0.05) is 20.3 Å². The quantitative estimate of drug-likeness (QED) is 0.754. The second-order valence-electron chi connectivity index (χ2n) is 6.76. The monoisotopic (exact) mass is 288 g/mol. The Balaban J connectivity index is 1.69. The second kappa shape index (κ2) is 6.20. The van der Waals surface area contributed by atoms with Gasteiger partial charge in [0, 0.05) is 25.1 Å². The van der Waals surface area contributed by atoms with Crippen molar-refractivity contribution in [3.8, 4) is 0 Å². The molecule has 116 valence electrons. The van der Waals surface area contributed by atoms with E-state index in [0.717, 1.165) is 37.0 Å². The van der Waals surface area contributed by atoms with Crippen LogP contribution in [0.4, 0.5) is 11.6 Å². The number of nitrogens with one attached hydrogen (secondary N) is 2. The third-order valence-corrected chi connectivity index (χ3v) is 5.05. The average Bonchev–Trinajstić information content (AvgIpc) is 3.29. The van der Waals surface area contributed by atoms with E-state index in [-0.39, 0.29) is 0 Å². The number of rotatable bonds is 8. The molecule has 4 nitrogen and oxygen atoms in total. The highest BCUT2D eigenvalue weighted by molar-refractivity contribution is 5.48. The van der Waals surface area contributed by atoms with Crippen LogP contribution >= 0.6 is 0 Å². The summed E-state index contributed by atoms with van der Waals surface area (Å²) in [7, 11) is 0. The molecule has 2 aliphatic carbocycles. The van der Waals surface area contributed by atoms with Crippen molar-refractivity contribution < 1.29 is 0 Å². The van der Waals surface area contributed by atoms with Crippen LogP contribution in [0, 0.1) is 5.41 Å². The molecule has 21 heavy (non-hydrogen) atoms. The van der Waals surface area contributed by atoms with E-state index in [1.165, 1.54) is 38.5 Å². The average molecular weight is 288 g/mol. The summed E-state index contributed by atoms with van der Waals surface area (Å²) in [6.45, 7) is 6.51. The van der Waals surface area contributed by atoms with Gasteiger partial charge in [0.05, 0.1) is 0 Å². The maximum atomic E-state index is 4.74. The molecular formula is C17H28N4. The molecular weight excluding hydrogens is 260 g/mol. The van der Waals surface area contributed by atoms with Crippen LogP contribution in [0.25, 0.3) is 0 Å². The highest BCUT2D eigenvalue weighted by atomic mass is 15.1. The van der Waals surface area contributed by atoms with Crippen LogP contribution < -0.4 is 10.6 Å². The molecule has 0 atom stereocenters. The van der Waals surface area contributed by atoms with Crippen molar-refractivity contribution in [2.24, 2.45) is 5.41 Å². The molecule has 1 aromatic heterocycles. The lowest BCUT2D eigenvalue weighted by atomic mass is 9.67. The SMILES string of the molecule is CCCNc1cc(NCC2(CC)CCC2)nc(C2CC2)n1. The number of hydrogen-bond donors (Lipinski definition) is 2. The van der Waals surface area contributed by atoms with Crippen molar-refractivity contribution in [2.75, 3.05) is 23.7 Å². The van der Waals surface area contributed by atoms with Crippen molar-refractivity contribution in [2.45, 2.75) is 64.7 Å². The Morgan fingerprint density at radius 3 is 2.38 bits per heavy atom. The van der Waals surface area contributed by atoms with Crippen LogP contribution in [0.3, 0.4) is 0 Å². The van der Waals surface area contributed by atoms with Crippen LogP contribution in [-0.4, -0.2) is 23.1 Å². The fraction of sp³-hybridized carbons (Fsp3) is 0.765. The van der Waals surface area contributed by atoms with Crippen molar-refractivity contribution in [3.05, 3.63) is 11.9 Å². The molecule has 0 spiro atoms. The first-order valence-electron chi connectivity index (χ1n) is 8.61. The normalized spacial score (nSPS) is 19.9. The predicted octanol–water partition coefficient (Wildman–Crippen LogP) is 4.17. The minimum Gasteiger partial charge on any atom is -0.370 e. The van der Waals surface area contributed by atoms with Gasteiger partial charge in [-0.3, -0.25) is 0 Å². The zero-order valence-corrected chi connectivity index (χ0v) is 13.4. The molecule has 4 heteroatoms. The maximum absolute atomic E-state index is 4.74. The van der Waals surface area contributed by atoms with E-state index in [0.29, 0.717) is 11.3 Å². The summed E-state index contributed by atoms with van der Waals surface area (Å²) in [5.41, 5.74) is 0.516. The molecule has 2 fully saturated rings. The smallest absolute Gasteiger partial charge is 0.136 e. The van der Waals surface area contributed by atoms with Crippen LogP contribution in [0.1, 0.15) is 70.5 Å². The zero-order chi connectivity index (χ0) is 14.7. The minimum atomic E-state index is 0.516. The Bertz CT molecular complexity index is 472. The van der Waals surface area contributed by atoms with Gasteiger partial charge >= 0.3 is 0 Å². The Morgan fingerprint density at radius 2 is 1.86 bits per heavy atom. The fourth-order valence-electron chi connectivity index (χ4n) is 3.03. The predicted molar refractivity (Wildman–Crippen MR) is 87.9 cm³/mol. The minimum absolute atomic E-state index is 0.516. The Labute approximate surface area is 128 Å². The lowest BCUT2D eigenvalue weighted by molar-refractivity contribution is 0.145. The molecule has 0 amide bonds. The molecule has 0 unspecified atom stereocenters. The zero-order valence-electron chi connectivity index (χ0n) is 13.4. The van der Waals surface area contributed by atoms with Crippen LogP contribution in [0.2, 0.25) is 0 Å². The van der Waals surface area contributed by atoms with Crippen LogP contribution in [0.5, 0.6) is 0 Å². The number of aromatic nitrogens is 2. The summed E-state index contributed by atoms with van der Waals surface area (Å²) in [5, 5.41) is 6.99. The largest absolute Gasteiger partial charge is 0.370 e. The van der Waals surface area contributed by atoms with E-state index >= 15 is 0 Å². The Kier molecular flexibility index (Phi) is 4.32. The van der Waals surface area contributed by atoms with Gasteiger partial charge in [0.2, 0.25) is 0 Å². The maximum Gasteiger partial charge on any atom is 0.136 e. The third kappa shape index (κ3) is 3.47. The molecule has 0 aliphatic heterocycles. The van der Waals surface area contributed by atoms with Crippen molar-refractivity contribution >= 4 is 11.6 Å². The van der Waals surface area contributed by atoms with E-state index in [9.17, 15) is 0 Å². The highest BCUT2D eigenvalue weighted by Gasteiger charge is 2.35. The molecule has 2 aliphatic rings. The van der Waals surface area contributed by atoms with E-state index in [1.54, 1.807) is 0 Å². The molecule has 0 saturated heterocycles. The summed E-state index contributed by atoms with van der Waals surface area (Å²) in [6.07, 6.45) is 8.98. The third-order valence-electron chi connectivity index (χ3n) is 5.05. The molecule has 0 radical (unpaired) electrons. The first kappa shape index (κ1) is 14.6. The van der Waals surface area contributed by atoms with Crippen molar-refractivity contribution in [3.63, 3.8) is 0 Å². The van der Waals surface area contributed by atoms with Crippen LogP contribution in [-0.2, 0) is 0 Å². The van der Waals surface area contributed by atoms with Gasteiger partial charge in [-0.15, -0.1) is 0 Å². The molecule has 2 N–H and O–H groups in total. The molecule has 1 aromatic rings. The van der Waals surface area contributed by atoms with Crippen molar-refractivity contribution in [1.29, 1.82) is 0 Å². The first-order valence-corrected chi connectivity index (χ1v) is 8.61. The highest BCUT2D eigenvalue weighted by Crippen LogP contribution is 2.44. The van der Waals surface area contributed by atoms with Gasteiger partial charge in [-0.2, -0.15) is 0 Å². The number of nitrogens with zero attached hydrogens (tertiary/aromatic N) is 2. The summed E-state index contributed by atoms with van der Waals surface area (Å²) in [5.74, 6) is 3.61. The standard InChI is InChI=1S/C17H28N4/c1-3-10-18-14-11-15(21-16(20-14)13-6-7-13)19-12-17(4-2)8-5-9-17/h11,13H,3-10,12H2,1-2H3,(H2,18,19,20,21). The van der Waals surface area contributed by atoms with E-state index in [2.05, 4.69) is 35.5 Å². The van der Waals surface area contributed by atoms with Crippen molar-refractivity contribution in [1.82, 2.24) is 9.97 Å². The van der Waals surface area contributed by atoms with Gasteiger partial charge in [0.15, 0.2) is 0 Å². The van der Waals surface area contributed by atoms with E-state index in [4.69, 9.17) is 4.98 Å². The Hall–Kier alpha value is -1.32. The number of hydrogen-bond acceptors (Lipinski definition) is 4. The van der Waals surface area contributed by atoms with E-state index < -0.39 is 0 Å². The lowest BCUT2D eigenvalue weighted by Crippen LogP contribution is -2.36. The van der Waals surface area contributed by atoms with Crippen LogP contribution in [0.15, 0.2) is 6.07 Å². The van der Waals surface area contributed by atoms with Gasteiger partial charge in [0.25, 0.3) is 0 Å². The molecule has 3 rings (SSSR count). The molecule has 0 aromatic carbocycles. The molecule has 1 heterocycles. The summed E-state index contributed by atoms with van der Waals surface area (Å²) < 4.78 is 0. The summed E-state index contributed by atoms with van der Waals surface area (Å²) in [6, 6.07) is 2.07. The second-order valence-corrected chi connectivity index (χ2v) is 6.76. The van der Waals surface area contributed by atoms with Gasteiger partial charge < -0.3 is 10.6 Å². The summed E-state index contributed by atoms with van der Waals surface area (Å²) in [4.78, 5) is 9.41. The van der Waals surface area contributed by atoms with Gasteiger partial charge in [-0.05, 0) is 43.9 Å². The molecule has 0 bridgehead atoms. The first-order chi connectivity index (χ1) is 10.2. The van der Waals surface area contributed by atoms with Gasteiger partial charge in [0.1, 0.15) is 17.5 Å². The summed E-state index contributed by atoms with van der Waals surface area (Å²) >= 11 is 0. The fourth-order valence-corrected chi connectivity index (χ4v) is 3.03. The topological polar surface area (TPSA) is 49.8 Å². The molecule has 2 saturated carbocycles. The number of anilines is 2. The Morgan fingerprint density at radius 1 is 1.14 bits per heavy atom.